The highest BCUT2D eigenvalue weighted by atomic mass is 35.5. The number of hydrogen-bond acceptors (Lipinski definition) is 3. The van der Waals surface area contributed by atoms with E-state index in [1.807, 2.05) is 30.3 Å². The van der Waals surface area contributed by atoms with Crippen LogP contribution in [0.3, 0.4) is 0 Å². The highest BCUT2D eigenvalue weighted by Crippen LogP contribution is 2.17. The second-order valence-electron chi connectivity index (χ2n) is 3.82. The average Bonchev–Trinajstić information content (AvgIpc) is 2.71. The fraction of sp³-hybridized carbons (Fsp3) is 0.333. The standard InChI is InChI=1S/C12H12ClNO3/c13-7-11(15)14-10(8-17-12(14)16)6-9-4-2-1-3-5-9/h1-5,10H,6-8H2/t10-/m1/s1. The van der Waals surface area contributed by atoms with Gasteiger partial charge in [0.15, 0.2) is 0 Å². The van der Waals surface area contributed by atoms with Crippen molar-refractivity contribution in [2.75, 3.05) is 12.5 Å². The van der Waals surface area contributed by atoms with Gasteiger partial charge < -0.3 is 4.74 Å². The summed E-state index contributed by atoms with van der Waals surface area (Å²) in [5.41, 5.74) is 1.06. The number of carbonyl (C=O) groups is 2. The first-order chi connectivity index (χ1) is 8.22. The van der Waals surface area contributed by atoms with E-state index in [9.17, 15) is 9.59 Å². The Morgan fingerprint density at radius 2 is 2.12 bits per heavy atom. The van der Waals surface area contributed by atoms with Gasteiger partial charge in [-0.2, -0.15) is 0 Å². The second-order valence-corrected chi connectivity index (χ2v) is 4.09. The number of amides is 2. The number of imide groups is 1. The molecule has 1 fully saturated rings. The summed E-state index contributed by atoms with van der Waals surface area (Å²) >= 11 is 5.47. The van der Waals surface area contributed by atoms with E-state index in [4.69, 9.17) is 16.3 Å². The number of halogens is 1. The Balaban J connectivity index is 2.10. The summed E-state index contributed by atoms with van der Waals surface area (Å²) < 4.78 is 4.88. The molecule has 1 aromatic carbocycles. The maximum atomic E-state index is 11.5. The van der Waals surface area contributed by atoms with Crippen LogP contribution in [0, 0.1) is 0 Å². The monoisotopic (exact) mass is 253 g/mol. The number of hydrogen-bond donors (Lipinski definition) is 0. The zero-order chi connectivity index (χ0) is 12.3. The molecule has 90 valence electrons. The molecule has 1 aromatic rings. The number of cyclic esters (lactones) is 1. The molecule has 2 amide bonds. The molecule has 1 aliphatic heterocycles. The first-order valence-electron chi connectivity index (χ1n) is 5.31. The Morgan fingerprint density at radius 1 is 1.41 bits per heavy atom. The van der Waals surface area contributed by atoms with E-state index >= 15 is 0 Å². The highest BCUT2D eigenvalue weighted by molar-refractivity contribution is 6.28. The lowest BCUT2D eigenvalue weighted by molar-refractivity contribution is -0.126. The highest BCUT2D eigenvalue weighted by Gasteiger charge is 2.37. The molecule has 4 nitrogen and oxygen atoms in total. The predicted octanol–water partition coefficient (Wildman–Crippen LogP) is 1.82. The summed E-state index contributed by atoms with van der Waals surface area (Å²) in [7, 11) is 0. The molecule has 2 rings (SSSR count). The van der Waals surface area contributed by atoms with Crippen molar-refractivity contribution in [2.24, 2.45) is 0 Å². The Bertz CT molecular complexity index is 421. The van der Waals surface area contributed by atoms with Gasteiger partial charge in [0.1, 0.15) is 12.5 Å². The molecular weight excluding hydrogens is 242 g/mol. The Hall–Kier alpha value is -1.55. The van der Waals surface area contributed by atoms with Crippen molar-refractivity contribution in [3.05, 3.63) is 35.9 Å². The minimum absolute atomic E-state index is 0.208. The molecule has 0 N–H and O–H groups in total. The normalized spacial score (nSPS) is 19.2. The lowest BCUT2D eigenvalue weighted by Gasteiger charge is -2.18. The smallest absolute Gasteiger partial charge is 0.417 e. The SMILES string of the molecule is O=C(CCl)N1C(=O)OC[C@H]1Cc1ccccc1. The van der Waals surface area contributed by atoms with Gasteiger partial charge >= 0.3 is 6.09 Å². The van der Waals surface area contributed by atoms with Crippen LogP contribution in [0.15, 0.2) is 30.3 Å². The number of nitrogens with zero attached hydrogens (tertiary/aromatic N) is 1. The van der Waals surface area contributed by atoms with Crippen LogP contribution in [-0.2, 0) is 16.0 Å². The van der Waals surface area contributed by atoms with E-state index in [0.29, 0.717) is 6.42 Å². The van der Waals surface area contributed by atoms with Gasteiger partial charge in [-0.1, -0.05) is 30.3 Å². The fourth-order valence-electron chi connectivity index (χ4n) is 1.87. The zero-order valence-corrected chi connectivity index (χ0v) is 9.89. The fourth-order valence-corrected chi connectivity index (χ4v) is 2.00. The van der Waals surface area contributed by atoms with Gasteiger partial charge in [-0.25, -0.2) is 9.69 Å². The first-order valence-corrected chi connectivity index (χ1v) is 5.84. The molecule has 17 heavy (non-hydrogen) atoms. The summed E-state index contributed by atoms with van der Waals surface area (Å²) in [6.45, 7) is 0.232. The molecule has 1 atom stereocenters. The van der Waals surface area contributed by atoms with Gasteiger partial charge in [-0.05, 0) is 12.0 Å². The predicted molar refractivity (Wildman–Crippen MR) is 62.8 cm³/mol. The summed E-state index contributed by atoms with van der Waals surface area (Å²) in [5, 5.41) is 0. The Labute approximate surface area is 104 Å². The van der Waals surface area contributed by atoms with Crippen LogP contribution >= 0.6 is 11.6 Å². The van der Waals surface area contributed by atoms with Crippen molar-refractivity contribution in [1.82, 2.24) is 4.90 Å². The third-order valence-electron chi connectivity index (χ3n) is 2.66. The Morgan fingerprint density at radius 3 is 2.76 bits per heavy atom. The van der Waals surface area contributed by atoms with E-state index in [1.165, 1.54) is 0 Å². The Kier molecular flexibility index (Phi) is 3.64. The minimum Gasteiger partial charge on any atom is -0.447 e. The number of ether oxygens (including phenoxy) is 1. The number of benzene rings is 1. The molecule has 0 saturated carbocycles. The van der Waals surface area contributed by atoms with Crippen molar-refractivity contribution in [3.8, 4) is 0 Å². The van der Waals surface area contributed by atoms with Crippen LogP contribution in [0.1, 0.15) is 5.56 Å². The molecule has 1 saturated heterocycles. The zero-order valence-electron chi connectivity index (χ0n) is 9.14. The van der Waals surface area contributed by atoms with E-state index in [2.05, 4.69) is 0 Å². The van der Waals surface area contributed by atoms with Crippen LogP contribution in [0.25, 0.3) is 0 Å². The third kappa shape index (κ3) is 2.58. The molecule has 0 aromatic heterocycles. The lowest BCUT2D eigenvalue weighted by Crippen LogP contribution is -2.40. The first kappa shape index (κ1) is 11.9. The second kappa shape index (κ2) is 5.19. The van der Waals surface area contributed by atoms with Crippen molar-refractivity contribution in [3.63, 3.8) is 0 Å². The van der Waals surface area contributed by atoms with Gasteiger partial charge in [0.05, 0.1) is 6.04 Å². The molecule has 0 spiro atoms. The van der Waals surface area contributed by atoms with E-state index in [-0.39, 0.29) is 18.5 Å². The van der Waals surface area contributed by atoms with Crippen molar-refractivity contribution in [2.45, 2.75) is 12.5 Å². The van der Waals surface area contributed by atoms with Gasteiger partial charge in [0.2, 0.25) is 5.91 Å². The quantitative estimate of drug-likeness (QED) is 0.772. The van der Waals surface area contributed by atoms with Gasteiger partial charge in [0, 0.05) is 0 Å². The molecule has 1 aliphatic rings. The minimum atomic E-state index is -0.600. The van der Waals surface area contributed by atoms with Crippen LogP contribution in [-0.4, -0.2) is 35.4 Å². The summed E-state index contributed by atoms with van der Waals surface area (Å²) in [6, 6.07) is 9.40. The van der Waals surface area contributed by atoms with E-state index < -0.39 is 12.0 Å². The number of rotatable bonds is 3. The van der Waals surface area contributed by atoms with Gasteiger partial charge in [-0.15, -0.1) is 11.6 Å². The van der Waals surface area contributed by atoms with Crippen LogP contribution < -0.4 is 0 Å². The molecule has 0 aliphatic carbocycles. The van der Waals surface area contributed by atoms with Crippen LogP contribution in [0.2, 0.25) is 0 Å². The number of carbonyl (C=O) groups excluding carboxylic acids is 2. The average molecular weight is 254 g/mol. The van der Waals surface area contributed by atoms with Crippen molar-refractivity contribution in [1.29, 1.82) is 0 Å². The lowest BCUT2D eigenvalue weighted by atomic mass is 10.1. The third-order valence-corrected chi connectivity index (χ3v) is 2.89. The molecule has 0 bridgehead atoms. The van der Waals surface area contributed by atoms with Gasteiger partial charge in [-0.3, -0.25) is 4.79 Å². The summed E-state index contributed by atoms with van der Waals surface area (Å²) in [6.07, 6.45) is -0.00792. The van der Waals surface area contributed by atoms with Crippen LogP contribution in [0.5, 0.6) is 0 Å². The largest absolute Gasteiger partial charge is 0.447 e. The van der Waals surface area contributed by atoms with E-state index in [0.717, 1.165) is 10.5 Å². The summed E-state index contributed by atoms with van der Waals surface area (Å²) in [5.74, 6) is -0.615. The molecule has 5 heteroatoms. The topological polar surface area (TPSA) is 46.6 Å². The maximum absolute atomic E-state index is 11.5. The molecule has 0 radical (unpaired) electrons. The van der Waals surface area contributed by atoms with Crippen molar-refractivity contribution >= 4 is 23.6 Å². The molecule has 0 unspecified atom stereocenters. The van der Waals surface area contributed by atoms with Crippen molar-refractivity contribution < 1.29 is 14.3 Å². The van der Waals surface area contributed by atoms with E-state index in [1.54, 1.807) is 0 Å². The molecule has 1 heterocycles. The summed E-state index contributed by atoms with van der Waals surface area (Å²) in [4.78, 5) is 24.0. The molecular formula is C12H12ClNO3. The number of alkyl halides is 1. The van der Waals surface area contributed by atoms with Gasteiger partial charge in [0.25, 0.3) is 0 Å². The maximum Gasteiger partial charge on any atom is 0.417 e. The van der Waals surface area contributed by atoms with Crippen LogP contribution in [0.4, 0.5) is 4.79 Å².